The maximum Gasteiger partial charge on any atom is 0.203 e. The lowest BCUT2D eigenvalue weighted by Gasteiger charge is -2.15. The molecular weight excluding hydrogens is 363 g/mol. The van der Waals surface area contributed by atoms with Gasteiger partial charge in [0.25, 0.3) is 0 Å². The van der Waals surface area contributed by atoms with E-state index in [0.29, 0.717) is 21.4 Å². The molecule has 0 spiro atoms. The molecule has 0 aliphatic carbocycles. The summed E-state index contributed by atoms with van der Waals surface area (Å²) in [6.07, 6.45) is -0.653. The number of benzene rings is 2. The molecule has 2 rings (SSSR count). The van der Waals surface area contributed by atoms with Gasteiger partial charge in [-0.2, -0.15) is 0 Å². The third kappa shape index (κ3) is 3.75. The summed E-state index contributed by atoms with van der Waals surface area (Å²) in [6.45, 7) is 1.68. The Hall–Kier alpha value is -1.03. The van der Waals surface area contributed by atoms with Crippen LogP contribution in [-0.2, 0) is 0 Å². The van der Waals surface area contributed by atoms with Gasteiger partial charge in [0, 0.05) is 15.1 Å². The van der Waals surface area contributed by atoms with Crippen LogP contribution in [0.2, 0.25) is 10.0 Å². The number of hydrogen-bond donors (Lipinski definition) is 0. The second-order valence-electron chi connectivity index (χ2n) is 4.21. The van der Waals surface area contributed by atoms with Gasteiger partial charge in [-0.15, -0.1) is 0 Å². The highest BCUT2D eigenvalue weighted by Crippen LogP contribution is 2.29. The summed E-state index contributed by atoms with van der Waals surface area (Å²) in [5.41, 5.74) is 0.510. The third-order valence-corrected chi connectivity index (χ3v) is 3.72. The molecule has 0 fully saturated rings. The van der Waals surface area contributed by atoms with Gasteiger partial charge in [0.15, 0.2) is 6.10 Å². The van der Waals surface area contributed by atoms with E-state index in [1.807, 2.05) is 0 Å². The van der Waals surface area contributed by atoms with Crippen molar-refractivity contribution in [2.24, 2.45) is 0 Å². The van der Waals surface area contributed by atoms with Crippen LogP contribution in [-0.4, -0.2) is 11.9 Å². The summed E-state index contributed by atoms with van der Waals surface area (Å²) in [7, 11) is 0. The zero-order valence-electron chi connectivity index (χ0n) is 10.6. The number of carbonyl (C=O) groups is 1. The summed E-state index contributed by atoms with van der Waals surface area (Å²) >= 11 is 15.3. The van der Waals surface area contributed by atoms with E-state index in [1.54, 1.807) is 49.4 Å². The van der Waals surface area contributed by atoms with Crippen LogP contribution in [0.4, 0.5) is 0 Å². The number of hydrogen-bond acceptors (Lipinski definition) is 2. The molecule has 2 aromatic rings. The fourth-order valence-corrected chi connectivity index (χ4v) is 2.38. The van der Waals surface area contributed by atoms with Crippen LogP contribution in [0.15, 0.2) is 46.9 Å². The summed E-state index contributed by atoms with van der Waals surface area (Å²) in [5, 5.41) is 0.975. The molecule has 0 aliphatic heterocycles. The second-order valence-corrected chi connectivity index (χ2v) is 5.97. The van der Waals surface area contributed by atoms with Crippen molar-refractivity contribution in [3.63, 3.8) is 0 Å². The van der Waals surface area contributed by atoms with Crippen LogP contribution in [0.3, 0.4) is 0 Å². The standard InChI is InChI=1S/C15H11BrCl2O2/c1-9(15(19)10-3-2-4-12(17)7-10)20-14-8-11(16)5-6-13(14)18/h2-9H,1H3. The van der Waals surface area contributed by atoms with E-state index in [9.17, 15) is 4.79 Å². The van der Waals surface area contributed by atoms with Gasteiger partial charge in [-0.05, 0) is 37.3 Å². The molecule has 0 heterocycles. The zero-order chi connectivity index (χ0) is 14.7. The SMILES string of the molecule is CC(Oc1cc(Br)ccc1Cl)C(=O)c1cccc(Cl)c1. The molecule has 0 radical (unpaired) electrons. The van der Waals surface area contributed by atoms with Crippen molar-refractivity contribution in [1.82, 2.24) is 0 Å². The molecule has 104 valence electrons. The largest absolute Gasteiger partial charge is 0.481 e. The predicted octanol–water partition coefficient (Wildman–Crippen LogP) is 5.41. The highest BCUT2D eigenvalue weighted by Gasteiger charge is 2.18. The minimum absolute atomic E-state index is 0.149. The van der Waals surface area contributed by atoms with Gasteiger partial charge in [-0.3, -0.25) is 4.79 Å². The predicted molar refractivity (Wildman–Crippen MR) is 85.0 cm³/mol. The molecule has 20 heavy (non-hydrogen) atoms. The van der Waals surface area contributed by atoms with E-state index in [2.05, 4.69) is 15.9 Å². The first-order valence-corrected chi connectivity index (χ1v) is 7.44. The van der Waals surface area contributed by atoms with Crippen LogP contribution in [0, 0.1) is 0 Å². The highest BCUT2D eigenvalue weighted by molar-refractivity contribution is 9.10. The Balaban J connectivity index is 2.17. The molecule has 0 aromatic heterocycles. The first kappa shape index (κ1) is 15.4. The Kier molecular flexibility index (Phi) is 5.08. The molecule has 2 aromatic carbocycles. The fraction of sp³-hybridized carbons (Fsp3) is 0.133. The smallest absolute Gasteiger partial charge is 0.203 e. The van der Waals surface area contributed by atoms with Gasteiger partial charge in [0.05, 0.1) is 5.02 Å². The first-order valence-electron chi connectivity index (χ1n) is 5.89. The third-order valence-electron chi connectivity index (χ3n) is 2.68. The number of ketones is 1. The Morgan fingerprint density at radius 3 is 2.65 bits per heavy atom. The summed E-state index contributed by atoms with van der Waals surface area (Å²) in [6, 6.07) is 12.0. The Labute approximate surface area is 135 Å². The van der Waals surface area contributed by atoms with E-state index in [4.69, 9.17) is 27.9 Å². The highest BCUT2D eigenvalue weighted by atomic mass is 79.9. The van der Waals surface area contributed by atoms with Gasteiger partial charge in [-0.25, -0.2) is 0 Å². The lowest BCUT2D eigenvalue weighted by molar-refractivity contribution is 0.0818. The van der Waals surface area contributed by atoms with E-state index in [-0.39, 0.29) is 5.78 Å². The maximum atomic E-state index is 12.3. The Bertz CT molecular complexity index is 644. The van der Waals surface area contributed by atoms with Gasteiger partial charge in [0.1, 0.15) is 5.75 Å². The first-order chi connectivity index (χ1) is 9.47. The molecule has 0 saturated heterocycles. The van der Waals surface area contributed by atoms with Crippen molar-refractivity contribution in [2.75, 3.05) is 0 Å². The normalized spacial score (nSPS) is 12.0. The topological polar surface area (TPSA) is 26.3 Å². The molecule has 0 bridgehead atoms. The summed E-state index contributed by atoms with van der Waals surface area (Å²) in [5.74, 6) is 0.312. The average Bonchev–Trinajstić information content (AvgIpc) is 2.42. The van der Waals surface area contributed by atoms with Crippen LogP contribution in [0.5, 0.6) is 5.75 Å². The molecule has 0 amide bonds. The van der Waals surface area contributed by atoms with Gasteiger partial charge in [-0.1, -0.05) is 51.3 Å². The average molecular weight is 374 g/mol. The summed E-state index contributed by atoms with van der Waals surface area (Å²) < 4.78 is 6.46. The Morgan fingerprint density at radius 2 is 1.95 bits per heavy atom. The number of rotatable bonds is 4. The minimum atomic E-state index is -0.653. The number of Topliss-reactive ketones (excluding diaryl/α,β-unsaturated/α-hetero) is 1. The fourth-order valence-electron chi connectivity index (χ4n) is 1.69. The minimum Gasteiger partial charge on any atom is -0.481 e. The molecule has 1 atom stereocenters. The Morgan fingerprint density at radius 1 is 1.20 bits per heavy atom. The van der Waals surface area contributed by atoms with Crippen LogP contribution >= 0.6 is 39.1 Å². The van der Waals surface area contributed by atoms with E-state index in [0.717, 1.165) is 4.47 Å². The van der Waals surface area contributed by atoms with Gasteiger partial charge >= 0.3 is 0 Å². The lowest BCUT2D eigenvalue weighted by Crippen LogP contribution is -2.24. The molecular formula is C15H11BrCl2O2. The maximum absolute atomic E-state index is 12.3. The lowest BCUT2D eigenvalue weighted by atomic mass is 10.1. The monoisotopic (exact) mass is 372 g/mol. The molecule has 2 nitrogen and oxygen atoms in total. The molecule has 0 saturated carbocycles. The molecule has 0 aliphatic rings. The zero-order valence-corrected chi connectivity index (χ0v) is 13.7. The number of carbonyl (C=O) groups excluding carboxylic acids is 1. The van der Waals surface area contributed by atoms with E-state index >= 15 is 0 Å². The van der Waals surface area contributed by atoms with Gasteiger partial charge in [0.2, 0.25) is 5.78 Å². The summed E-state index contributed by atoms with van der Waals surface area (Å²) in [4.78, 5) is 12.3. The van der Waals surface area contributed by atoms with Crippen molar-refractivity contribution in [2.45, 2.75) is 13.0 Å². The molecule has 0 N–H and O–H groups in total. The second kappa shape index (κ2) is 6.61. The van der Waals surface area contributed by atoms with Crippen LogP contribution in [0.1, 0.15) is 17.3 Å². The van der Waals surface area contributed by atoms with Crippen LogP contribution in [0.25, 0.3) is 0 Å². The molecule has 1 unspecified atom stereocenters. The van der Waals surface area contributed by atoms with Crippen molar-refractivity contribution < 1.29 is 9.53 Å². The van der Waals surface area contributed by atoms with Crippen LogP contribution < -0.4 is 4.74 Å². The van der Waals surface area contributed by atoms with Crippen molar-refractivity contribution >= 4 is 44.9 Å². The van der Waals surface area contributed by atoms with Gasteiger partial charge < -0.3 is 4.74 Å². The molecule has 5 heteroatoms. The number of halogens is 3. The van der Waals surface area contributed by atoms with E-state index in [1.165, 1.54) is 0 Å². The van der Waals surface area contributed by atoms with Crippen molar-refractivity contribution in [1.29, 1.82) is 0 Å². The quantitative estimate of drug-likeness (QED) is 0.670. The van der Waals surface area contributed by atoms with E-state index < -0.39 is 6.10 Å². The van der Waals surface area contributed by atoms with Crippen molar-refractivity contribution in [3.8, 4) is 5.75 Å². The van der Waals surface area contributed by atoms with Crippen molar-refractivity contribution in [3.05, 3.63) is 62.5 Å². The number of ether oxygens (including phenoxy) is 1.